The molecule has 2 N–H and O–H groups in total. The first-order chi connectivity index (χ1) is 5.29. The van der Waals surface area contributed by atoms with Crippen LogP contribution in [-0.4, -0.2) is 34.4 Å². The molecule has 0 amide bonds. The zero-order chi connectivity index (χ0) is 10.3. The van der Waals surface area contributed by atoms with Crippen LogP contribution in [0.2, 0.25) is 0 Å². The van der Waals surface area contributed by atoms with Crippen LogP contribution in [0.15, 0.2) is 0 Å². The Morgan fingerprint density at radius 2 is 1.08 bits per heavy atom. The Morgan fingerprint density at radius 1 is 1.00 bits per heavy atom. The van der Waals surface area contributed by atoms with Gasteiger partial charge in [0.2, 0.25) is 0 Å². The molecule has 0 fully saturated rings. The van der Waals surface area contributed by atoms with Gasteiger partial charge in [-0.25, -0.2) is 0 Å². The second kappa shape index (κ2) is 9.47. The van der Waals surface area contributed by atoms with E-state index < -0.39 is 24.1 Å². The SMILES string of the molecule is C[C@H](O)C(=O)[O-].C[C@H](O)C(=O)[O-].[Fe+2]. The molecule has 0 saturated heterocycles. The number of carbonyl (C=O) groups is 2. The van der Waals surface area contributed by atoms with Crippen molar-refractivity contribution >= 4 is 11.9 Å². The molecule has 78 valence electrons. The van der Waals surface area contributed by atoms with Gasteiger partial charge >= 0.3 is 17.1 Å². The fourth-order valence-electron chi connectivity index (χ4n) is 0. The summed E-state index contributed by atoms with van der Waals surface area (Å²) >= 11 is 0. The molecule has 0 aromatic carbocycles. The molecular weight excluding hydrogens is 224 g/mol. The maximum Gasteiger partial charge on any atom is 2.00 e. The Balaban J connectivity index is -0.000000143. The van der Waals surface area contributed by atoms with Crippen LogP contribution in [-0.2, 0) is 26.7 Å². The van der Waals surface area contributed by atoms with Crippen molar-refractivity contribution in [2.75, 3.05) is 0 Å². The van der Waals surface area contributed by atoms with Crippen LogP contribution in [0.3, 0.4) is 0 Å². The molecule has 0 aliphatic carbocycles. The Kier molecular flexibility index (Phi) is 13.3. The topological polar surface area (TPSA) is 121 Å². The number of hydrogen-bond donors (Lipinski definition) is 2. The van der Waals surface area contributed by atoms with Crippen molar-refractivity contribution in [1.82, 2.24) is 0 Å². The summed E-state index contributed by atoms with van der Waals surface area (Å²) < 4.78 is 0. The van der Waals surface area contributed by atoms with Crippen LogP contribution in [0.1, 0.15) is 13.8 Å². The first-order valence-electron chi connectivity index (χ1n) is 3.06. The molecule has 0 saturated carbocycles. The molecule has 0 aliphatic rings. The molecule has 7 heteroatoms. The van der Waals surface area contributed by atoms with E-state index >= 15 is 0 Å². The molecule has 6 nitrogen and oxygen atoms in total. The van der Waals surface area contributed by atoms with E-state index in [-0.39, 0.29) is 17.1 Å². The number of carboxylic acids is 2. The van der Waals surface area contributed by atoms with Crippen LogP contribution in [0.25, 0.3) is 0 Å². The Labute approximate surface area is 85.7 Å². The number of rotatable bonds is 2. The number of aliphatic hydroxyl groups excluding tert-OH is 2. The largest absolute Gasteiger partial charge is 2.00 e. The van der Waals surface area contributed by atoms with Gasteiger partial charge in [-0.2, -0.15) is 0 Å². The van der Waals surface area contributed by atoms with Gasteiger partial charge in [-0.05, 0) is 13.8 Å². The first kappa shape index (κ1) is 18.2. The smallest absolute Gasteiger partial charge is 0.547 e. The van der Waals surface area contributed by atoms with Gasteiger partial charge in [0, 0.05) is 0 Å². The molecule has 0 heterocycles. The molecule has 0 aromatic heterocycles. The average molecular weight is 234 g/mol. The predicted molar refractivity (Wildman–Crippen MR) is 33.4 cm³/mol. The van der Waals surface area contributed by atoms with Gasteiger partial charge in [-0.3, -0.25) is 0 Å². The normalized spacial score (nSPS) is 12.6. The van der Waals surface area contributed by atoms with E-state index in [0.717, 1.165) is 13.8 Å². The monoisotopic (exact) mass is 234 g/mol. The third-order valence-corrected chi connectivity index (χ3v) is 0.682. The Bertz CT molecular complexity index is 137. The van der Waals surface area contributed by atoms with Gasteiger partial charge in [0.1, 0.15) is 0 Å². The summed E-state index contributed by atoms with van der Waals surface area (Å²) in [6, 6.07) is 0. The van der Waals surface area contributed by atoms with E-state index in [1.165, 1.54) is 0 Å². The summed E-state index contributed by atoms with van der Waals surface area (Å²) in [5, 5.41) is 34.6. The molecule has 0 radical (unpaired) electrons. The van der Waals surface area contributed by atoms with Crippen molar-refractivity contribution in [3.05, 3.63) is 0 Å². The molecule has 0 unspecified atom stereocenters. The molecule has 2 atom stereocenters. The molecule has 0 rings (SSSR count). The van der Waals surface area contributed by atoms with Gasteiger partial charge in [0.15, 0.2) is 0 Å². The number of carbonyl (C=O) groups excluding carboxylic acids is 2. The molecule has 0 spiro atoms. The summed E-state index contributed by atoms with van der Waals surface area (Å²) in [7, 11) is 0. The van der Waals surface area contributed by atoms with E-state index in [1.54, 1.807) is 0 Å². The number of aliphatic carboxylic acids is 2. The minimum atomic E-state index is -1.44. The van der Waals surface area contributed by atoms with Crippen molar-refractivity contribution < 1.29 is 47.1 Å². The van der Waals surface area contributed by atoms with E-state index in [0.29, 0.717) is 0 Å². The van der Waals surface area contributed by atoms with Crippen LogP contribution >= 0.6 is 0 Å². The van der Waals surface area contributed by atoms with E-state index in [4.69, 9.17) is 10.2 Å². The van der Waals surface area contributed by atoms with Crippen LogP contribution in [0.5, 0.6) is 0 Å². The van der Waals surface area contributed by atoms with Crippen molar-refractivity contribution in [3.63, 3.8) is 0 Å². The van der Waals surface area contributed by atoms with Crippen molar-refractivity contribution in [2.24, 2.45) is 0 Å². The first-order valence-corrected chi connectivity index (χ1v) is 3.06. The van der Waals surface area contributed by atoms with Crippen molar-refractivity contribution in [3.8, 4) is 0 Å². The summed E-state index contributed by atoms with van der Waals surface area (Å²) in [6.45, 7) is 2.27. The van der Waals surface area contributed by atoms with Gasteiger partial charge in [0.05, 0.1) is 24.1 Å². The van der Waals surface area contributed by atoms with Gasteiger partial charge in [-0.1, -0.05) is 0 Å². The second-order valence-corrected chi connectivity index (χ2v) is 1.99. The van der Waals surface area contributed by atoms with Gasteiger partial charge in [0.25, 0.3) is 0 Å². The molecule has 0 aliphatic heterocycles. The van der Waals surface area contributed by atoms with Crippen LogP contribution in [0, 0.1) is 0 Å². The number of carboxylic acid groups (broad SMARTS) is 2. The maximum atomic E-state index is 9.34. The third kappa shape index (κ3) is 18.4. The van der Waals surface area contributed by atoms with E-state index in [2.05, 4.69) is 0 Å². The standard InChI is InChI=1S/2C3H6O3.Fe/c2*1-2(4)3(5)6;/h2*2,4H,1H3,(H,5,6);/q;;+2/p-2/t2*2-;/m00./s1. The molecule has 0 aromatic rings. The van der Waals surface area contributed by atoms with Crippen LogP contribution in [0.4, 0.5) is 0 Å². The minimum Gasteiger partial charge on any atom is -0.547 e. The zero-order valence-electron chi connectivity index (χ0n) is 7.04. The maximum absolute atomic E-state index is 9.34. The fraction of sp³-hybridized carbons (Fsp3) is 0.667. The van der Waals surface area contributed by atoms with E-state index in [1.807, 2.05) is 0 Å². The summed E-state index contributed by atoms with van der Waals surface area (Å²) in [6.07, 6.45) is -2.69. The third-order valence-electron chi connectivity index (χ3n) is 0.682. The van der Waals surface area contributed by atoms with Gasteiger partial charge in [-0.15, -0.1) is 0 Å². The van der Waals surface area contributed by atoms with Crippen molar-refractivity contribution in [2.45, 2.75) is 26.1 Å². The average Bonchev–Trinajstić information content (AvgIpc) is 1.88. The summed E-state index contributed by atoms with van der Waals surface area (Å²) in [5.41, 5.74) is 0. The molecule has 0 bridgehead atoms. The van der Waals surface area contributed by atoms with Crippen molar-refractivity contribution in [1.29, 1.82) is 0 Å². The predicted octanol–water partition coefficient (Wildman–Crippen LogP) is -3.77. The number of aliphatic hydroxyl groups is 2. The van der Waals surface area contributed by atoms with E-state index in [9.17, 15) is 19.8 Å². The second-order valence-electron chi connectivity index (χ2n) is 1.99. The molecule has 13 heavy (non-hydrogen) atoms. The Morgan fingerprint density at radius 3 is 1.08 bits per heavy atom. The van der Waals surface area contributed by atoms with Gasteiger partial charge < -0.3 is 30.0 Å². The summed E-state index contributed by atoms with van der Waals surface area (Å²) in [5.74, 6) is -2.87. The quantitative estimate of drug-likeness (QED) is 0.473. The summed E-state index contributed by atoms with van der Waals surface area (Å²) in [4.78, 5) is 18.7. The zero-order valence-corrected chi connectivity index (χ0v) is 8.14. The Hall–Kier alpha value is -0.621. The number of hydrogen-bond acceptors (Lipinski definition) is 6. The molecular formula is C6H10FeO6. The minimum absolute atomic E-state index is 0. The van der Waals surface area contributed by atoms with Crippen LogP contribution < -0.4 is 10.2 Å². The fourth-order valence-corrected chi connectivity index (χ4v) is 0.